The van der Waals surface area contributed by atoms with E-state index >= 15 is 0 Å². The van der Waals surface area contributed by atoms with Gasteiger partial charge in [-0.1, -0.05) is 0 Å². The lowest BCUT2D eigenvalue weighted by Gasteiger charge is -2.11. The van der Waals surface area contributed by atoms with Crippen LogP contribution >= 0.6 is 0 Å². The van der Waals surface area contributed by atoms with Gasteiger partial charge in [-0.2, -0.15) is 0 Å². The first-order chi connectivity index (χ1) is 10.0. The lowest BCUT2D eigenvalue weighted by Crippen LogP contribution is -1.98. The first-order valence-electron chi connectivity index (χ1n) is 6.21. The summed E-state index contributed by atoms with van der Waals surface area (Å²) in [5, 5.41) is 8.94. The largest absolute Gasteiger partial charge is 0.493 e. The summed E-state index contributed by atoms with van der Waals surface area (Å²) < 4.78 is 10.8. The third-order valence-electron chi connectivity index (χ3n) is 2.90. The molecule has 0 fully saturated rings. The van der Waals surface area contributed by atoms with Gasteiger partial charge in [0, 0.05) is 5.56 Å². The van der Waals surface area contributed by atoms with Crippen LogP contribution in [0.15, 0.2) is 42.5 Å². The Hall–Kier alpha value is -2.82. The van der Waals surface area contributed by atoms with Crippen LogP contribution in [0.3, 0.4) is 0 Å². The number of ketones is 1. The number of methoxy groups -OCH3 is 1. The fraction of sp³-hybridized carbons (Fsp3) is 0.125. The molecule has 0 bridgehead atoms. The highest BCUT2D eigenvalue weighted by molar-refractivity contribution is 5.94. The summed E-state index contributed by atoms with van der Waals surface area (Å²) in [6.45, 7) is 1.49. The Balaban J connectivity index is 2.26. The van der Waals surface area contributed by atoms with Crippen LogP contribution in [-0.4, -0.2) is 24.0 Å². The summed E-state index contributed by atoms with van der Waals surface area (Å²) in [7, 11) is 1.44. The number of carbonyl (C=O) groups is 2. The van der Waals surface area contributed by atoms with E-state index in [2.05, 4.69) is 0 Å². The molecule has 5 nitrogen and oxygen atoms in total. The molecule has 2 aromatic rings. The summed E-state index contributed by atoms with van der Waals surface area (Å²) in [5.74, 6) is 0.195. The number of ether oxygens (including phenoxy) is 2. The molecule has 0 aromatic heterocycles. The van der Waals surface area contributed by atoms with E-state index in [9.17, 15) is 9.59 Å². The van der Waals surface area contributed by atoms with Gasteiger partial charge in [0.2, 0.25) is 0 Å². The lowest BCUT2D eigenvalue weighted by atomic mass is 10.1. The maximum Gasteiger partial charge on any atom is 0.335 e. The second-order valence-corrected chi connectivity index (χ2v) is 4.35. The van der Waals surface area contributed by atoms with Crippen molar-refractivity contribution in [1.29, 1.82) is 0 Å². The molecule has 0 aliphatic carbocycles. The van der Waals surface area contributed by atoms with Crippen molar-refractivity contribution in [2.45, 2.75) is 6.92 Å². The molecule has 0 saturated carbocycles. The maximum atomic E-state index is 11.2. The molecular formula is C16H14O5. The molecule has 0 aliphatic rings. The molecule has 0 unspecified atom stereocenters. The molecular weight excluding hydrogens is 272 g/mol. The van der Waals surface area contributed by atoms with E-state index in [-0.39, 0.29) is 11.3 Å². The number of aromatic carboxylic acids is 1. The Morgan fingerprint density at radius 2 is 1.57 bits per heavy atom. The highest BCUT2D eigenvalue weighted by Crippen LogP contribution is 2.32. The van der Waals surface area contributed by atoms with E-state index in [0.717, 1.165) is 0 Å². The molecule has 0 spiro atoms. The minimum absolute atomic E-state index is 0.0232. The van der Waals surface area contributed by atoms with Crippen molar-refractivity contribution in [2.75, 3.05) is 7.11 Å². The Morgan fingerprint density at radius 1 is 0.952 bits per heavy atom. The number of carboxylic acids is 1. The van der Waals surface area contributed by atoms with Gasteiger partial charge in [0.15, 0.2) is 17.3 Å². The highest BCUT2D eigenvalue weighted by atomic mass is 16.5. The number of carboxylic acid groups (broad SMARTS) is 1. The zero-order chi connectivity index (χ0) is 15.4. The van der Waals surface area contributed by atoms with E-state index in [1.807, 2.05) is 0 Å². The van der Waals surface area contributed by atoms with Crippen LogP contribution in [0, 0.1) is 0 Å². The Labute approximate surface area is 121 Å². The highest BCUT2D eigenvalue weighted by Gasteiger charge is 2.11. The summed E-state index contributed by atoms with van der Waals surface area (Å²) in [5.41, 5.74) is 0.710. The van der Waals surface area contributed by atoms with E-state index in [1.54, 1.807) is 24.3 Å². The third-order valence-corrected chi connectivity index (χ3v) is 2.90. The number of Topliss-reactive ketones (excluding diaryl/α,β-unsaturated/α-hetero) is 1. The molecule has 0 heterocycles. The van der Waals surface area contributed by atoms with E-state index in [1.165, 1.54) is 32.2 Å². The maximum absolute atomic E-state index is 11.2. The SMILES string of the molecule is COc1cc(C(=O)O)ccc1Oc1ccc(C(C)=O)cc1. The fourth-order valence-electron chi connectivity index (χ4n) is 1.77. The van der Waals surface area contributed by atoms with Crippen LogP contribution in [0.2, 0.25) is 0 Å². The normalized spacial score (nSPS) is 10.0. The van der Waals surface area contributed by atoms with Crippen LogP contribution < -0.4 is 9.47 Å². The fourth-order valence-corrected chi connectivity index (χ4v) is 1.77. The molecule has 108 valence electrons. The number of benzene rings is 2. The van der Waals surface area contributed by atoms with Gasteiger partial charge in [-0.3, -0.25) is 4.79 Å². The van der Waals surface area contributed by atoms with Crippen LogP contribution in [0.25, 0.3) is 0 Å². The van der Waals surface area contributed by atoms with Gasteiger partial charge in [0.25, 0.3) is 0 Å². The van der Waals surface area contributed by atoms with Crippen molar-refractivity contribution in [2.24, 2.45) is 0 Å². The van der Waals surface area contributed by atoms with Gasteiger partial charge in [0.05, 0.1) is 12.7 Å². The third kappa shape index (κ3) is 3.39. The number of hydrogen-bond acceptors (Lipinski definition) is 4. The van der Waals surface area contributed by atoms with Gasteiger partial charge < -0.3 is 14.6 Å². The van der Waals surface area contributed by atoms with Crippen molar-refractivity contribution < 1.29 is 24.2 Å². The van der Waals surface area contributed by atoms with Crippen molar-refractivity contribution >= 4 is 11.8 Å². The van der Waals surface area contributed by atoms with Crippen LogP contribution in [-0.2, 0) is 0 Å². The molecule has 0 saturated heterocycles. The van der Waals surface area contributed by atoms with Gasteiger partial charge in [-0.15, -0.1) is 0 Å². The Kier molecular flexibility index (Phi) is 4.23. The smallest absolute Gasteiger partial charge is 0.335 e. The first-order valence-corrected chi connectivity index (χ1v) is 6.21. The molecule has 0 radical (unpaired) electrons. The quantitative estimate of drug-likeness (QED) is 0.853. The standard InChI is InChI=1S/C16H14O5/c1-10(17)11-3-6-13(7-4-11)21-14-8-5-12(16(18)19)9-15(14)20-2/h3-9H,1-2H3,(H,18,19). The molecule has 0 atom stereocenters. The number of carbonyl (C=O) groups excluding carboxylic acids is 1. The van der Waals surface area contributed by atoms with E-state index in [4.69, 9.17) is 14.6 Å². The molecule has 21 heavy (non-hydrogen) atoms. The van der Waals surface area contributed by atoms with Crippen molar-refractivity contribution in [3.05, 3.63) is 53.6 Å². The second kappa shape index (κ2) is 6.09. The molecule has 2 rings (SSSR count). The lowest BCUT2D eigenvalue weighted by molar-refractivity contribution is 0.0696. The average molecular weight is 286 g/mol. The topological polar surface area (TPSA) is 72.8 Å². The minimum Gasteiger partial charge on any atom is -0.493 e. The molecule has 0 amide bonds. The molecule has 5 heteroatoms. The first kappa shape index (κ1) is 14.6. The van der Waals surface area contributed by atoms with Crippen LogP contribution in [0.4, 0.5) is 0 Å². The molecule has 0 aliphatic heterocycles. The van der Waals surface area contributed by atoms with Gasteiger partial charge in [-0.05, 0) is 49.4 Å². The Bertz CT molecular complexity index is 674. The zero-order valence-electron chi connectivity index (χ0n) is 11.6. The monoisotopic (exact) mass is 286 g/mol. The average Bonchev–Trinajstić information content (AvgIpc) is 2.48. The summed E-state index contributed by atoms with van der Waals surface area (Å²) >= 11 is 0. The van der Waals surface area contributed by atoms with Crippen molar-refractivity contribution in [3.8, 4) is 17.2 Å². The zero-order valence-corrected chi connectivity index (χ0v) is 11.6. The molecule has 1 N–H and O–H groups in total. The predicted molar refractivity (Wildman–Crippen MR) is 76.5 cm³/mol. The van der Waals surface area contributed by atoms with E-state index in [0.29, 0.717) is 22.8 Å². The minimum atomic E-state index is -1.04. The number of rotatable bonds is 5. The summed E-state index contributed by atoms with van der Waals surface area (Å²) in [4.78, 5) is 22.1. The van der Waals surface area contributed by atoms with Crippen molar-refractivity contribution in [3.63, 3.8) is 0 Å². The Morgan fingerprint density at radius 3 is 2.10 bits per heavy atom. The molecule has 2 aromatic carbocycles. The summed E-state index contributed by atoms with van der Waals surface area (Å²) in [6.07, 6.45) is 0. The van der Waals surface area contributed by atoms with Crippen LogP contribution in [0.1, 0.15) is 27.6 Å². The van der Waals surface area contributed by atoms with Gasteiger partial charge in [0.1, 0.15) is 5.75 Å². The predicted octanol–water partition coefficient (Wildman–Crippen LogP) is 3.39. The van der Waals surface area contributed by atoms with Crippen molar-refractivity contribution in [1.82, 2.24) is 0 Å². The summed E-state index contributed by atoms with van der Waals surface area (Å²) in [6, 6.07) is 11.0. The van der Waals surface area contributed by atoms with Gasteiger partial charge >= 0.3 is 5.97 Å². The van der Waals surface area contributed by atoms with Gasteiger partial charge in [-0.25, -0.2) is 4.79 Å². The number of hydrogen-bond donors (Lipinski definition) is 1. The van der Waals surface area contributed by atoms with Crippen LogP contribution in [0.5, 0.6) is 17.2 Å². The van der Waals surface area contributed by atoms with E-state index < -0.39 is 5.97 Å². The second-order valence-electron chi connectivity index (χ2n) is 4.35.